The molecule has 0 fully saturated rings. The molecule has 0 bridgehead atoms. The number of rotatable bonds is 3. The van der Waals surface area contributed by atoms with Crippen molar-refractivity contribution < 1.29 is 14.3 Å². The lowest BCUT2D eigenvalue weighted by molar-refractivity contribution is -0.112. The Morgan fingerprint density at radius 2 is 2.00 bits per heavy atom. The van der Waals surface area contributed by atoms with Crippen LogP contribution in [-0.2, 0) is 9.53 Å². The van der Waals surface area contributed by atoms with Gasteiger partial charge >= 0.3 is 6.09 Å². The Bertz CT molecular complexity index is 234. The largest absolute Gasteiger partial charge is 0.442 e. The molecule has 0 heterocycles. The normalized spacial score (nSPS) is 12.9. The number of hydrogen-bond acceptors (Lipinski definition) is 5. The fourth-order valence-electron chi connectivity index (χ4n) is 0.640. The molecule has 80 valence electrons. The molecule has 6 nitrogen and oxygen atoms in total. The van der Waals surface area contributed by atoms with Gasteiger partial charge in [-0.1, -0.05) is 0 Å². The molecule has 6 heteroatoms. The minimum absolute atomic E-state index is 0.436. The molecule has 0 radical (unpaired) electrons. The molecule has 0 spiro atoms. The van der Waals surface area contributed by atoms with Gasteiger partial charge in [0.2, 0.25) is 0 Å². The Kier molecular flexibility index (Phi) is 4.20. The van der Waals surface area contributed by atoms with Gasteiger partial charge in [0, 0.05) is 0 Å². The zero-order valence-corrected chi connectivity index (χ0v) is 8.68. The summed E-state index contributed by atoms with van der Waals surface area (Å²) in [6.45, 7) is 6.33. The van der Waals surface area contributed by atoms with Crippen molar-refractivity contribution in [3.05, 3.63) is 4.91 Å². The van der Waals surface area contributed by atoms with E-state index in [1.807, 2.05) is 0 Å². The fraction of sp³-hybridized carbons (Fsp3) is 0.750. The molecule has 0 saturated heterocycles. The first kappa shape index (κ1) is 12.5. The van der Waals surface area contributed by atoms with E-state index in [1.165, 1.54) is 6.92 Å². The van der Waals surface area contributed by atoms with E-state index in [4.69, 9.17) is 4.74 Å². The second kappa shape index (κ2) is 4.69. The summed E-state index contributed by atoms with van der Waals surface area (Å²) in [6, 6.07) is -0.914. The molecule has 0 unspecified atom stereocenters. The lowest BCUT2D eigenvalue weighted by Gasteiger charge is -2.23. The second-order valence-corrected chi connectivity index (χ2v) is 3.78. The Labute approximate surface area is 82.2 Å². The smallest absolute Gasteiger partial charge is 0.434 e. The van der Waals surface area contributed by atoms with Crippen molar-refractivity contribution in [2.75, 3.05) is 0 Å². The molecule has 0 aliphatic carbocycles. The van der Waals surface area contributed by atoms with Crippen molar-refractivity contribution in [3.63, 3.8) is 0 Å². The monoisotopic (exact) mass is 202 g/mol. The van der Waals surface area contributed by atoms with E-state index in [0.717, 1.165) is 0 Å². The van der Waals surface area contributed by atoms with Crippen molar-refractivity contribution in [2.24, 2.45) is 5.29 Å². The Morgan fingerprint density at radius 3 is 2.29 bits per heavy atom. The summed E-state index contributed by atoms with van der Waals surface area (Å²) < 4.78 is 4.85. The fourth-order valence-corrected chi connectivity index (χ4v) is 0.640. The van der Waals surface area contributed by atoms with Crippen LogP contribution in [0.2, 0.25) is 0 Å². The van der Waals surface area contributed by atoms with Gasteiger partial charge in [0.1, 0.15) is 17.9 Å². The number of amides is 1. The van der Waals surface area contributed by atoms with Crippen molar-refractivity contribution in [1.29, 1.82) is 0 Å². The third-order valence-electron chi connectivity index (χ3n) is 1.25. The van der Waals surface area contributed by atoms with Crippen molar-refractivity contribution >= 4 is 12.4 Å². The minimum atomic E-state index is -0.924. The summed E-state index contributed by atoms with van der Waals surface area (Å²) in [5.74, 6) is 0. The van der Waals surface area contributed by atoms with Gasteiger partial charge < -0.3 is 9.53 Å². The van der Waals surface area contributed by atoms with E-state index in [9.17, 15) is 14.5 Å². The third kappa shape index (κ3) is 3.97. The summed E-state index contributed by atoms with van der Waals surface area (Å²) >= 11 is 0. The lowest BCUT2D eigenvalue weighted by Crippen LogP contribution is -2.39. The number of hydrogen-bond donors (Lipinski definition) is 0. The predicted molar refractivity (Wildman–Crippen MR) is 49.4 cm³/mol. The molecule has 0 aliphatic heterocycles. The van der Waals surface area contributed by atoms with Gasteiger partial charge in [0.25, 0.3) is 0 Å². The molecule has 14 heavy (non-hydrogen) atoms. The molecule has 1 amide bonds. The van der Waals surface area contributed by atoms with Crippen LogP contribution < -0.4 is 0 Å². The van der Waals surface area contributed by atoms with E-state index >= 15 is 0 Å². The topological polar surface area (TPSA) is 76.0 Å². The highest BCUT2D eigenvalue weighted by molar-refractivity contribution is 5.72. The Balaban J connectivity index is 4.48. The zero-order valence-electron chi connectivity index (χ0n) is 8.68. The molecule has 1 atom stereocenters. The highest BCUT2D eigenvalue weighted by Gasteiger charge is 2.26. The number of carbonyl (C=O) groups is 2. The lowest BCUT2D eigenvalue weighted by atomic mass is 10.2. The van der Waals surface area contributed by atoms with Crippen LogP contribution in [0, 0.1) is 4.91 Å². The average molecular weight is 202 g/mol. The van der Waals surface area contributed by atoms with Crippen LogP contribution in [0.1, 0.15) is 27.7 Å². The summed E-state index contributed by atoms with van der Waals surface area (Å²) in [5, 5.41) is 2.88. The van der Waals surface area contributed by atoms with Crippen LogP contribution in [0.3, 0.4) is 0 Å². The van der Waals surface area contributed by atoms with Crippen LogP contribution in [0.5, 0.6) is 0 Å². The highest BCUT2D eigenvalue weighted by atomic mass is 16.6. The standard InChI is InChI=1S/C8H14N2O4/c1-6(5-11)10(9-13)7(12)14-8(2,3)4/h5-6H,1-4H3/t6-/m0/s1. The summed E-state index contributed by atoms with van der Waals surface area (Å²) in [7, 11) is 0. The number of ether oxygens (including phenoxy) is 1. The average Bonchev–Trinajstić information content (AvgIpc) is 2.01. The zero-order chi connectivity index (χ0) is 11.4. The quantitative estimate of drug-likeness (QED) is 0.394. The maximum Gasteiger partial charge on any atom is 0.434 e. The van der Waals surface area contributed by atoms with Crippen LogP contribution in [0.4, 0.5) is 4.79 Å². The first-order valence-corrected chi connectivity index (χ1v) is 4.12. The van der Waals surface area contributed by atoms with Crippen LogP contribution in [0.15, 0.2) is 5.29 Å². The van der Waals surface area contributed by atoms with Crippen molar-refractivity contribution in [1.82, 2.24) is 5.01 Å². The molecule has 0 aromatic carbocycles. The molecular formula is C8H14N2O4. The molecule has 0 N–H and O–H groups in total. The van der Waals surface area contributed by atoms with E-state index in [0.29, 0.717) is 11.3 Å². The van der Waals surface area contributed by atoms with Gasteiger partial charge in [-0.15, -0.1) is 4.91 Å². The van der Waals surface area contributed by atoms with E-state index in [1.54, 1.807) is 20.8 Å². The summed E-state index contributed by atoms with van der Waals surface area (Å²) in [6.07, 6.45) is -0.488. The van der Waals surface area contributed by atoms with Gasteiger partial charge in [0.05, 0.1) is 5.29 Å². The highest BCUT2D eigenvalue weighted by Crippen LogP contribution is 2.11. The van der Waals surface area contributed by atoms with Crippen LogP contribution >= 0.6 is 0 Å². The maximum atomic E-state index is 11.2. The first-order chi connectivity index (χ1) is 6.31. The second-order valence-electron chi connectivity index (χ2n) is 3.78. The molecule has 0 aromatic heterocycles. The van der Waals surface area contributed by atoms with E-state index < -0.39 is 17.7 Å². The molecule has 0 aromatic rings. The van der Waals surface area contributed by atoms with Crippen molar-refractivity contribution in [3.8, 4) is 0 Å². The molecule has 0 aliphatic rings. The van der Waals surface area contributed by atoms with Gasteiger partial charge in [-0.2, -0.15) is 5.01 Å². The third-order valence-corrected chi connectivity index (χ3v) is 1.25. The van der Waals surface area contributed by atoms with Gasteiger partial charge in [0.15, 0.2) is 0 Å². The SMILES string of the molecule is C[C@@H](C=O)N(N=O)C(=O)OC(C)(C)C. The van der Waals surface area contributed by atoms with Crippen molar-refractivity contribution in [2.45, 2.75) is 39.3 Å². The number of carbonyl (C=O) groups excluding carboxylic acids is 2. The van der Waals surface area contributed by atoms with Gasteiger partial charge in [-0.05, 0) is 27.7 Å². The maximum absolute atomic E-state index is 11.2. The number of nitrogens with zero attached hydrogens (tertiary/aromatic N) is 2. The molecular weight excluding hydrogens is 188 g/mol. The number of aldehydes is 1. The van der Waals surface area contributed by atoms with Gasteiger partial charge in [-0.25, -0.2) is 4.79 Å². The summed E-state index contributed by atoms with van der Waals surface area (Å²) in [4.78, 5) is 31.8. The van der Waals surface area contributed by atoms with Gasteiger partial charge in [-0.3, -0.25) is 0 Å². The Morgan fingerprint density at radius 1 is 1.50 bits per heavy atom. The van der Waals surface area contributed by atoms with E-state index in [2.05, 4.69) is 5.29 Å². The predicted octanol–water partition coefficient (Wildman–Crippen LogP) is 1.49. The van der Waals surface area contributed by atoms with Crippen LogP contribution in [-0.4, -0.2) is 29.0 Å². The first-order valence-electron chi connectivity index (χ1n) is 4.12. The van der Waals surface area contributed by atoms with E-state index in [-0.39, 0.29) is 0 Å². The summed E-state index contributed by atoms with van der Waals surface area (Å²) in [5.41, 5.74) is -0.720. The van der Waals surface area contributed by atoms with Crippen LogP contribution in [0.25, 0.3) is 0 Å². The Hall–Kier alpha value is -1.46. The number of nitroso groups, excluding NO2 is 1. The minimum Gasteiger partial charge on any atom is -0.442 e. The molecule has 0 saturated carbocycles. The molecule has 0 rings (SSSR count).